The molecular weight excluding hydrogens is 307 g/mol. The summed E-state index contributed by atoms with van der Waals surface area (Å²) in [4.78, 5) is 14.4. The molecule has 8 heteroatoms. The van der Waals surface area contributed by atoms with Crippen molar-refractivity contribution < 1.29 is 13.2 Å². The topological polar surface area (TPSA) is 35.5 Å². The lowest BCUT2D eigenvalue weighted by atomic mass is 10.2. The molecule has 1 aromatic heterocycles. The second-order valence-electron chi connectivity index (χ2n) is 6.10. The molecule has 3 heterocycles. The Morgan fingerprint density at radius 3 is 2.57 bits per heavy atom. The van der Waals surface area contributed by atoms with Crippen LogP contribution in [0.5, 0.6) is 0 Å². The third kappa shape index (κ3) is 3.74. The lowest BCUT2D eigenvalue weighted by molar-refractivity contribution is -0.141. The van der Waals surface area contributed by atoms with Gasteiger partial charge in [-0.3, -0.25) is 4.90 Å². The maximum atomic E-state index is 12.8. The number of hydrogen-bond acceptors (Lipinski definition) is 5. The van der Waals surface area contributed by atoms with Crippen LogP contribution < -0.4 is 4.90 Å². The monoisotopic (exact) mass is 329 g/mol. The number of rotatable bonds is 3. The SMILES string of the molecule is CCN1CCN(C2CCN(c3nccc(C(F)(F)F)n3)C2)CC1. The van der Waals surface area contributed by atoms with E-state index >= 15 is 0 Å². The Balaban J connectivity index is 1.62. The van der Waals surface area contributed by atoms with Gasteiger partial charge in [0, 0.05) is 51.5 Å². The third-order valence-electron chi connectivity index (χ3n) is 4.75. The highest BCUT2D eigenvalue weighted by Gasteiger charge is 2.35. The maximum absolute atomic E-state index is 12.8. The summed E-state index contributed by atoms with van der Waals surface area (Å²) in [5, 5.41) is 0. The predicted molar refractivity (Wildman–Crippen MR) is 81.3 cm³/mol. The van der Waals surface area contributed by atoms with Crippen LogP contribution in [0.2, 0.25) is 0 Å². The van der Waals surface area contributed by atoms with Gasteiger partial charge in [0.05, 0.1) is 0 Å². The minimum atomic E-state index is -4.42. The van der Waals surface area contributed by atoms with Gasteiger partial charge in [-0.05, 0) is 19.0 Å². The highest BCUT2D eigenvalue weighted by molar-refractivity contribution is 5.33. The van der Waals surface area contributed by atoms with E-state index in [-0.39, 0.29) is 5.95 Å². The van der Waals surface area contributed by atoms with Crippen molar-refractivity contribution >= 4 is 5.95 Å². The first-order chi connectivity index (χ1) is 11.0. The minimum absolute atomic E-state index is 0.189. The Morgan fingerprint density at radius 1 is 1.17 bits per heavy atom. The number of aromatic nitrogens is 2. The van der Waals surface area contributed by atoms with Crippen molar-refractivity contribution in [2.45, 2.75) is 25.6 Å². The van der Waals surface area contributed by atoms with Crippen molar-refractivity contribution in [3.63, 3.8) is 0 Å². The van der Waals surface area contributed by atoms with Crippen LogP contribution in [0.3, 0.4) is 0 Å². The highest BCUT2D eigenvalue weighted by Crippen LogP contribution is 2.29. The molecule has 3 rings (SSSR count). The van der Waals surface area contributed by atoms with E-state index in [9.17, 15) is 13.2 Å². The molecule has 0 amide bonds. The molecule has 0 radical (unpaired) electrons. The van der Waals surface area contributed by atoms with Gasteiger partial charge in [-0.25, -0.2) is 9.97 Å². The summed E-state index contributed by atoms with van der Waals surface area (Å²) in [5.41, 5.74) is -0.873. The predicted octanol–water partition coefficient (Wildman–Crippen LogP) is 1.71. The van der Waals surface area contributed by atoms with Gasteiger partial charge in [0.25, 0.3) is 0 Å². The van der Waals surface area contributed by atoms with Gasteiger partial charge in [0.1, 0.15) is 5.69 Å². The number of hydrogen-bond donors (Lipinski definition) is 0. The molecule has 1 unspecified atom stereocenters. The van der Waals surface area contributed by atoms with Crippen molar-refractivity contribution in [3.05, 3.63) is 18.0 Å². The highest BCUT2D eigenvalue weighted by atomic mass is 19.4. The van der Waals surface area contributed by atoms with Gasteiger partial charge in [0.15, 0.2) is 0 Å². The molecule has 0 aliphatic carbocycles. The molecule has 5 nitrogen and oxygen atoms in total. The molecular formula is C15H22F3N5. The first-order valence-corrected chi connectivity index (χ1v) is 8.09. The maximum Gasteiger partial charge on any atom is 0.433 e. The molecule has 0 bridgehead atoms. The van der Waals surface area contributed by atoms with Crippen molar-refractivity contribution in [1.29, 1.82) is 0 Å². The quantitative estimate of drug-likeness (QED) is 0.844. The molecule has 128 valence electrons. The molecule has 0 aromatic carbocycles. The van der Waals surface area contributed by atoms with Crippen LogP contribution in [-0.4, -0.2) is 71.6 Å². The van der Waals surface area contributed by atoms with Crippen molar-refractivity contribution in [1.82, 2.24) is 19.8 Å². The van der Waals surface area contributed by atoms with Gasteiger partial charge in [0.2, 0.25) is 5.95 Å². The van der Waals surface area contributed by atoms with E-state index in [4.69, 9.17) is 0 Å². The summed E-state index contributed by atoms with van der Waals surface area (Å²) >= 11 is 0. The lowest BCUT2D eigenvalue weighted by Gasteiger charge is -2.37. The van der Waals surface area contributed by atoms with E-state index < -0.39 is 11.9 Å². The first-order valence-electron chi connectivity index (χ1n) is 8.09. The largest absolute Gasteiger partial charge is 0.433 e. The number of likely N-dealkylation sites (N-methyl/N-ethyl adjacent to an activating group) is 1. The Bertz CT molecular complexity index is 528. The summed E-state index contributed by atoms with van der Waals surface area (Å²) in [6.45, 7) is 8.82. The standard InChI is InChI=1S/C15H22F3N5/c1-2-21-7-9-22(10-8-21)12-4-6-23(11-12)14-19-5-3-13(20-14)15(16,17)18/h3,5,12H,2,4,6-11H2,1H3. The molecule has 23 heavy (non-hydrogen) atoms. The number of anilines is 1. The number of nitrogens with zero attached hydrogens (tertiary/aromatic N) is 5. The zero-order chi connectivity index (χ0) is 16.4. The van der Waals surface area contributed by atoms with E-state index in [0.29, 0.717) is 19.1 Å². The second kappa shape index (κ2) is 6.60. The molecule has 1 atom stereocenters. The number of alkyl halides is 3. The van der Waals surface area contributed by atoms with E-state index in [0.717, 1.165) is 45.2 Å². The summed E-state index contributed by atoms with van der Waals surface area (Å²) in [6, 6.07) is 1.30. The Hall–Kier alpha value is -1.41. The molecule has 2 fully saturated rings. The van der Waals surface area contributed by atoms with Gasteiger partial charge < -0.3 is 9.80 Å². The average Bonchev–Trinajstić information content (AvgIpc) is 3.04. The summed E-state index contributed by atoms with van der Waals surface area (Å²) in [7, 11) is 0. The number of halogens is 3. The summed E-state index contributed by atoms with van der Waals surface area (Å²) in [6.07, 6.45) is -2.28. The summed E-state index contributed by atoms with van der Waals surface area (Å²) in [5.74, 6) is 0.189. The zero-order valence-electron chi connectivity index (χ0n) is 13.3. The van der Waals surface area contributed by atoms with Crippen molar-refractivity contribution in [3.8, 4) is 0 Å². The normalized spacial score (nSPS) is 24.3. The Kier molecular flexibility index (Phi) is 4.72. The average molecular weight is 329 g/mol. The minimum Gasteiger partial charge on any atom is -0.339 e. The van der Waals surface area contributed by atoms with Gasteiger partial charge in [-0.15, -0.1) is 0 Å². The van der Waals surface area contributed by atoms with E-state index in [1.54, 1.807) is 0 Å². The van der Waals surface area contributed by atoms with Crippen LogP contribution in [0.1, 0.15) is 19.0 Å². The van der Waals surface area contributed by atoms with Gasteiger partial charge >= 0.3 is 6.18 Å². The molecule has 0 spiro atoms. The molecule has 0 saturated carbocycles. The van der Waals surface area contributed by atoms with E-state index in [1.165, 1.54) is 6.20 Å². The fourth-order valence-electron chi connectivity index (χ4n) is 3.32. The van der Waals surface area contributed by atoms with Crippen molar-refractivity contribution in [2.24, 2.45) is 0 Å². The smallest absolute Gasteiger partial charge is 0.339 e. The molecule has 2 saturated heterocycles. The first kappa shape index (κ1) is 16.4. The third-order valence-corrected chi connectivity index (χ3v) is 4.75. The second-order valence-corrected chi connectivity index (χ2v) is 6.10. The van der Waals surface area contributed by atoms with E-state index in [2.05, 4.69) is 26.7 Å². The van der Waals surface area contributed by atoms with Crippen LogP contribution in [0.15, 0.2) is 12.3 Å². The van der Waals surface area contributed by atoms with Crippen LogP contribution in [-0.2, 0) is 6.18 Å². The fourth-order valence-corrected chi connectivity index (χ4v) is 3.32. The van der Waals surface area contributed by atoms with E-state index in [1.807, 2.05) is 4.90 Å². The van der Waals surface area contributed by atoms with Crippen LogP contribution >= 0.6 is 0 Å². The molecule has 0 N–H and O–H groups in total. The fraction of sp³-hybridized carbons (Fsp3) is 0.733. The zero-order valence-corrected chi connectivity index (χ0v) is 13.3. The molecule has 2 aliphatic heterocycles. The van der Waals surface area contributed by atoms with Crippen LogP contribution in [0, 0.1) is 0 Å². The van der Waals surface area contributed by atoms with Crippen molar-refractivity contribution in [2.75, 3.05) is 50.7 Å². The van der Waals surface area contributed by atoms with Crippen LogP contribution in [0.4, 0.5) is 19.1 Å². The van der Waals surface area contributed by atoms with Gasteiger partial charge in [-0.1, -0.05) is 6.92 Å². The van der Waals surface area contributed by atoms with Gasteiger partial charge in [-0.2, -0.15) is 13.2 Å². The van der Waals surface area contributed by atoms with Crippen LogP contribution in [0.25, 0.3) is 0 Å². The number of piperazine rings is 1. The Labute approximate surface area is 134 Å². The lowest BCUT2D eigenvalue weighted by Crippen LogP contribution is -2.50. The summed E-state index contributed by atoms with van der Waals surface area (Å²) < 4.78 is 38.3. The molecule has 2 aliphatic rings. The Morgan fingerprint density at radius 2 is 1.91 bits per heavy atom. The molecule has 1 aromatic rings.